The molecule has 1 unspecified atom stereocenters. The Hall–Kier alpha value is -1.99. The minimum atomic E-state index is -0.481. The predicted octanol–water partition coefficient (Wildman–Crippen LogP) is 2.79. The number of carbonyl (C=O) groups excluding carboxylic acids is 2. The molecule has 0 bridgehead atoms. The summed E-state index contributed by atoms with van der Waals surface area (Å²) in [4.78, 5) is 34.6. The van der Waals surface area contributed by atoms with Gasteiger partial charge in [0.1, 0.15) is 12.1 Å². The smallest absolute Gasteiger partial charge is 0.410 e. The van der Waals surface area contributed by atoms with E-state index in [1.165, 1.54) is 0 Å². The zero-order chi connectivity index (χ0) is 22.9. The Kier molecular flexibility index (Phi) is 10.4. The number of amides is 2. The number of piperidine rings is 1. The fraction of sp³-hybridized carbons (Fsp3) is 0.864. The van der Waals surface area contributed by atoms with Gasteiger partial charge in [0.05, 0.1) is 0 Å². The number of nitrogens with one attached hydrogen (secondary N) is 1. The molecule has 1 saturated heterocycles. The van der Waals surface area contributed by atoms with Crippen LogP contribution in [0.1, 0.15) is 60.8 Å². The van der Waals surface area contributed by atoms with Gasteiger partial charge in [0, 0.05) is 46.3 Å². The molecule has 2 amide bonds. The second-order valence-electron chi connectivity index (χ2n) is 9.33. The number of rotatable bonds is 7. The van der Waals surface area contributed by atoms with Gasteiger partial charge in [-0.1, -0.05) is 6.92 Å². The molecule has 1 aliphatic heterocycles. The average molecular weight is 426 g/mol. The molecule has 0 aromatic rings. The lowest BCUT2D eigenvalue weighted by molar-refractivity contribution is -0.127. The van der Waals surface area contributed by atoms with Crippen molar-refractivity contribution in [2.24, 2.45) is 10.9 Å². The Morgan fingerprint density at radius 2 is 1.80 bits per heavy atom. The maximum Gasteiger partial charge on any atom is 0.410 e. The van der Waals surface area contributed by atoms with Gasteiger partial charge in [-0.2, -0.15) is 0 Å². The van der Waals surface area contributed by atoms with Crippen LogP contribution >= 0.6 is 0 Å². The highest BCUT2D eigenvalue weighted by molar-refractivity contribution is 5.85. The van der Waals surface area contributed by atoms with E-state index in [1.54, 1.807) is 23.9 Å². The van der Waals surface area contributed by atoms with E-state index in [4.69, 9.17) is 4.74 Å². The maximum absolute atomic E-state index is 12.4. The third-order valence-corrected chi connectivity index (χ3v) is 5.28. The standard InChI is InChI=1S/C22H43N5O3/c1-9-17(3)24-20(23-15-19(28)25(7)8)27-13-11-18(12-14-27)16-26(10-2)21(29)30-22(4,5)6/h17-18H,9-16H2,1-8H3,(H,23,24). The molecule has 0 aromatic carbocycles. The van der Waals surface area contributed by atoms with Crippen molar-refractivity contribution in [2.75, 3.05) is 46.8 Å². The number of nitrogens with zero attached hydrogens (tertiary/aromatic N) is 4. The SMILES string of the molecule is CCC(C)NC(=NCC(=O)N(C)C)N1CCC(CN(CC)C(=O)OC(C)(C)C)CC1. The molecule has 0 aliphatic carbocycles. The molecule has 8 nitrogen and oxygen atoms in total. The van der Waals surface area contributed by atoms with Crippen LogP contribution in [0.15, 0.2) is 4.99 Å². The molecular formula is C22H43N5O3. The summed E-state index contributed by atoms with van der Waals surface area (Å²) in [5.74, 6) is 1.23. The first-order chi connectivity index (χ1) is 14.0. The van der Waals surface area contributed by atoms with E-state index >= 15 is 0 Å². The number of hydrogen-bond donors (Lipinski definition) is 1. The predicted molar refractivity (Wildman–Crippen MR) is 122 cm³/mol. The van der Waals surface area contributed by atoms with Gasteiger partial charge in [-0.05, 0) is 59.8 Å². The first kappa shape index (κ1) is 26.0. The molecule has 0 aromatic heterocycles. The number of aliphatic imine (C=N–C) groups is 1. The molecule has 1 rings (SSSR count). The molecule has 0 saturated carbocycles. The number of ether oxygens (including phenoxy) is 1. The van der Waals surface area contributed by atoms with Crippen molar-refractivity contribution in [3.05, 3.63) is 0 Å². The van der Waals surface area contributed by atoms with Crippen molar-refractivity contribution in [1.29, 1.82) is 0 Å². The number of likely N-dealkylation sites (tertiary alicyclic amines) is 1. The van der Waals surface area contributed by atoms with Gasteiger partial charge in [0.25, 0.3) is 0 Å². The second kappa shape index (κ2) is 12.0. The lowest BCUT2D eigenvalue weighted by atomic mass is 9.96. The summed E-state index contributed by atoms with van der Waals surface area (Å²) in [6, 6.07) is 0.290. The third-order valence-electron chi connectivity index (χ3n) is 5.28. The van der Waals surface area contributed by atoms with Gasteiger partial charge in [-0.15, -0.1) is 0 Å². The van der Waals surface area contributed by atoms with Crippen LogP contribution < -0.4 is 5.32 Å². The normalized spacial score (nSPS) is 16.8. The average Bonchev–Trinajstić information content (AvgIpc) is 2.67. The van der Waals surface area contributed by atoms with E-state index < -0.39 is 5.60 Å². The summed E-state index contributed by atoms with van der Waals surface area (Å²) in [5.41, 5.74) is -0.481. The highest BCUT2D eigenvalue weighted by atomic mass is 16.6. The van der Waals surface area contributed by atoms with Crippen LogP contribution in [0, 0.1) is 5.92 Å². The molecule has 8 heteroatoms. The zero-order valence-electron chi connectivity index (χ0n) is 20.3. The topological polar surface area (TPSA) is 77.5 Å². The van der Waals surface area contributed by atoms with Crippen LogP contribution in [0.2, 0.25) is 0 Å². The molecule has 1 atom stereocenters. The molecular weight excluding hydrogens is 382 g/mol. The maximum atomic E-state index is 12.4. The molecule has 1 aliphatic rings. The number of guanidine groups is 1. The summed E-state index contributed by atoms with van der Waals surface area (Å²) in [7, 11) is 3.49. The summed E-state index contributed by atoms with van der Waals surface area (Å²) in [6.07, 6.45) is 2.69. The Bertz CT molecular complexity index is 578. The Morgan fingerprint density at radius 3 is 2.27 bits per heavy atom. The van der Waals surface area contributed by atoms with Crippen LogP contribution in [0.5, 0.6) is 0 Å². The van der Waals surface area contributed by atoms with E-state index in [9.17, 15) is 9.59 Å². The van der Waals surface area contributed by atoms with Crippen molar-refractivity contribution in [3.63, 3.8) is 0 Å². The monoisotopic (exact) mass is 425 g/mol. The van der Waals surface area contributed by atoms with Crippen LogP contribution in [-0.4, -0.2) is 91.1 Å². The number of likely N-dealkylation sites (N-methyl/N-ethyl adjacent to an activating group) is 1. The quantitative estimate of drug-likeness (QED) is 0.501. The first-order valence-electron chi connectivity index (χ1n) is 11.2. The van der Waals surface area contributed by atoms with E-state index in [-0.39, 0.29) is 18.5 Å². The van der Waals surface area contributed by atoms with Gasteiger partial charge < -0.3 is 24.8 Å². The summed E-state index contributed by atoms with van der Waals surface area (Å²) in [5, 5.41) is 3.46. The summed E-state index contributed by atoms with van der Waals surface area (Å²) < 4.78 is 5.53. The highest BCUT2D eigenvalue weighted by Crippen LogP contribution is 2.20. The van der Waals surface area contributed by atoms with Gasteiger partial charge in [0.2, 0.25) is 5.91 Å². The zero-order valence-corrected chi connectivity index (χ0v) is 20.3. The van der Waals surface area contributed by atoms with Gasteiger partial charge >= 0.3 is 6.09 Å². The summed E-state index contributed by atoms with van der Waals surface area (Å²) >= 11 is 0. The van der Waals surface area contributed by atoms with E-state index in [2.05, 4.69) is 29.1 Å². The van der Waals surface area contributed by atoms with Crippen LogP contribution in [0.4, 0.5) is 4.79 Å². The van der Waals surface area contributed by atoms with E-state index in [0.29, 0.717) is 25.0 Å². The second-order valence-corrected chi connectivity index (χ2v) is 9.33. The van der Waals surface area contributed by atoms with Crippen LogP contribution in [-0.2, 0) is 9.53 Å². The lowest BCUT2D eigenvalue weighted by Gasteiger charge is -2.37. The first-order valence-corrected chi connectivity index (χ1v) is 11.2. The van der Waals surface area contributed by atoms with E-state index in [1.807, 2.05) is 27.7 Å². The van der Waals surface area contributed by atoms with Gasteiger partial charge in [-0.3, -0.25) is 4.79 Å². The molecule has 0 spiro atoms. The third kappa shape index (κ3) is 9.22. The van der Waals surface area contributed by atoms with Crippen LogP contribution in [0.3, 0.4) is 0 Å². The van der Waals surface area contributed by atoms with Gasteiger partial charge in [0.15, 0.2) is 5.96 Å². The Balaban J connectivity index is 2.69. The minimum Gasteiger partial charge on any atom is -0.444 e. The molecule has 30 heavy (non-hydrogen) atoms. The van der Waals surface area contributed by atoms with Crippen molar-refractivity contribution < 1.29 is 14.3 Å². The fourth-order valence-corrected chi connectivity index (χ4v) is 3.14. The molecule has 0 radical (unpaired) electrons. The fourth-order valence-electron chi connectivity index (χ4n) is 3.14. The Labute approximate surface area is 183 Å². The molecule has 1 heterocycles. The van der Waals surface area contributed by atoms with Crippen LogP contribution in [0.25, 0.3) is 0 Å². The van der Waals surface area contributed by atoms with Crippen molar-refractivity contribution in [2.45, 2.75) is 72.4 Å². The van der Waals surface area contributed by atoms with Crippen molar-refractivity contribution in [3.8, 4) is 0 Å². The highest BCUT2D eigenvalue weighted by Gasteiger charge is 2.27. The largest absolute Gasteiger partial charge is 0.444 e. The minimum absolute atomic E-state index is 0.00992. The molecule has 1 N–H and O–H groups in total. The van der Waals surface area contributed by atoms with Gasteiger partial charge in [-0.25, -0.2) is 9.79 Å². The number of carbonyl (C=O) groups is 2. The molecule has 1 fully saturated rings. The lowest BCUT2D eigenvalue weighted by Crippen LogP contribution is -2.50. The van der Waals surface area contributed by atoms with Crippen molar-refractivity contribution in [1.82, 2.24) is 20.0 Å². The van der Waals surface area contributed by atoms with Crippen molar-refractivity contribution >= 4 is 18.0 Å². The summed E-state index contributed by atoms with van der Waals surface area (Å²) in [6.45, 7) is 15.1. The number of hydrogen-bond acceptors (Lipinski definition) is 4. The Morgan fingerprint density at radius 1 is 1.20 bits per heavy atom. The van der Waals surface area contributed by atoms with E-state index in [0.717, 1.165) is 38.3 Å². The molecule has 174 valence electrons.